The van der Waals surface area contributed by atoms with Gasteiger partial charge in [-0.2, -0.15) is 0 Å². The lowest BCUT2D eigenvalue weighted by molar-refractivity contribution is 0.230. The van der Waals surface area contributed by atoms with Gasteiger partial charge in [0.2, 0.25) is 0 Å². The fraction of sp³-hybridized carbons (Fsp3) is 0.486. The average Bonchev–Trinajstić information content (AvgIpc) is 2.95. The molecule has 1 nitrogen and oxygen atoms in total. The number of ether oxygens (including phenoxy) is 1. The van der Waals surface area contributed by atoms with Crippen molar-refractivity contribution in [2.75, 3.05) is 6.61 Å². The summed E-state index contributed by atoms with van der Waals surface area (Å²) in [6, 6.07) is 19.3. The number of hydrogen-bond acceptors (Lipinski definition) is 1. The molecule has 1 aliphatic carbocycles. The van der Waals surface area contributed by atoms with Gasteiger partial charge in [0, 0.05) is 5.56 Å². The van der Waals surface area contributed by atoms with E-state index in [1.54, 1.807) is 12.1 Å². The Balaban J connectivity index is 1.27. The number of aryl methyl sites for hydroxylation is 1. The Morgan fingerprint density at radius 3 is 1.87 bits per heavy atom. The molecule has 0 atom stereocenters. The Morgan fingerprint density at radius 1 is 0.632 bits per heavy atom. The van der Waals surface area contributed by atoms with Crippen molar-refractivity contribution in [2.24, 2.45) is 11.8 Å². The predicted octanol–water partition coefficient (Wildman–Crippen LogP) is 10.8. The molecule has 0 aliphatic heterocycles. The summed E-state index contributed by atoms with van der Waals surface area (Å²) in [5.74, 6) is 1.28. The first-order valence-corrected chi connectivity index (χ1v) is 14.9. The third-order valence-electron chi connectivity index (χ3n) is 8.28. The molecule has 4 rings (SSSR count). The molecule has 3 aromatic rings. The lowest BCUT2D eigenvalue weighted by Crippen LogP contribution is -2.15. The second kappa shape index (κ2) is 14.5. The molecule has 1 fully saturated rings. The van der Waals surface area contributed by atoms with Crippen LogP contribution in [-0.4, -0.2) is 6.61 Å². The smallest absolute Gasteiger partial charge is 0.166 e. The molecule has 0 unspecified atom stereocenters. The molecule has 0 saturated heterocycles. The Morgan fingerprint density at radius 2 is 1.24 bits per heavy atom. The molecule has 0 N–H and O–H groups in total. The van der Waals surface area contributed by atoms with Crippen LogP contribution >= 0.6 is 0 Å². The van der Waals surface area contributed by atoms with Crippen molar-refractivity contribution >= 4 is 0 Å². The molecule has 38 heavy (non-hydrogen) atoms. The molecule has 0 bridgehead atoms. The van der Waals surface area contributed by atoms with Crippen LogP contribution in [0.5, 0.6) is 5.75 Å². The summed E-state index contributed by atoms with van der Waals surface area (Å²) in [5.41, 5.74) is 3.57. The van der Waals surface area contributed by atoms with Crippen molar-refractivity contribution in [3.63, 3.8) is 0 Å². The van der Waals surface area contributed by atoms with Crippen LogP contribution in [-0.2, 0) is 6.42 Å². The SMILES string of the molecule is CCCCCc1ccc(-c2ccc(-c3ccc(OCCCC4CCC(CCC)CC4)cc3)cc2)c(F)c1F. The molecular weight excluding hydrogens is 474 g/mol. The second-order valence-electron chi connectivity index (χ2n) is 11.1. The normalized spacial score (nSPS) is 17.5. The quantitative estimate of drug-likeness (QED) is 0.204. The van der Waals surface area contributed by atoms with Crippen molar-refractivity contribution in [1.29, 1.82) is 0 Å². The van der Waals surface area contributed by atoms with Crippen molar-refractivity contribution < 1.29 is 13.5 Å². The largest absolute Gasteiger partial charge is 0.494 e. The number of unbranched alkanes of at least 4 members (excludes halogenated alkanes) is 2. The summed E-state index contributed by atoms with van der Waals surface area (Å²) < 4.78 is 35.4. The Hall–Kier alpha value is -2.68. The van der Waals surface area contributed by atoms with Gasteiger partial charge in [0.1, 0.15) is 5.75 Å². The molecule has 0 aromatic heterocycles. The minimum absolute atomic E-state index is 0.311. The Kier molecular flexibility index (Phi) is 10.8. The standard InChI is InChI=1S/C35H44F2O/c1-3-5-6-10-31-21-24-33(35(37)34(31)36)30-17-15-28(16-18-30)29-19-22-32(23-20-29)38-25-7-9-27-13-11-26(8-4-2)12-14-27/h15-24,26-27H,3-14,25H2,1-2H3. The van der Waals surface area contributed by atoms with E-state index >= 15 is 0 Å². The van der Waals surface area contributed by atoms with Gasteiger partial charge in [-0.05, 0) is 71.9 Å². The maximum absolute atomic E-state index is 14.8. The summed E-state index contributed by atoms with van der Waals surface area (Å²) in [6.45, 7) is 5.17. The van der Waals surface area contributed by atoms with Crippen molar-refractivity contribution in [2.45, 2.75) is 90.9 Å². The number of rotatable bonds is 13. The van der Waals surface area contributed by atoms with Gasteiger partial charge in [-0.3, -0.25) is 0 Å². The van der Waals surface area contributed by atoms with E-state index in [2.05, 4.69) is 26.0 Å². The second-order valence-corrected chi connectivity index (χ2v) is 11.1. The summed E-state index contributed by atoms with van der Waals surface area (Å²) in [7, 11) is 0. The van der Waals surface area contributed by atoms with E-state index in [0.29, 0.717) is 23.1 Å². The highest BCUT2D eigenvalue weighted by atomic mass is 19.2. The van der Waals surface area contributed by atoms with E-state index in [4.69, 9.17) is 4.74 Å². The molecule has 0 amide bonds. The number of benzene rings is 3. The van der Waals surface area contributed by atoms with Gasteiger partial charge in [-0.1, -0.05) is 114 Å². The monoisotopic (exact) mass is 518 g/mol. The first kappa shape index (κ1) is 28.3. The van der Waals surface area contributed by atoms with Gasteiger partial charge < -0.3 is 4.74 Å². The van der Waals surface area contributed by atoms with Crippen LogP contribution in [0.1, 0.15) is 90.0 Å². The lowest BCUT2D eigenvalue weighted by atomic mass is 9.78. The minimum atomic E-state index is -0.752. The molecule has 0 spiro atoms. The van der Waals surface area contributed by atoms with Crippen LogP contribution in [0.15, 0.2) is 60.7 Å². The third kappa shape index (κ3) is 7.68. The molecule has 0 radical (unpaired) electrons. The minimum Gasteiger partial charge on any atom is -0.494 e. The van der Waals surface area contributed by atoms with Crippen molar-refractivity contribution in [1.82, 2.24) is 0 Å². The van der Waals surface area contributed by atoms with E-state index in [1.807, 2.05) is 36.4 Å². The summed E-state index contributed by atoms with van der Waals surface area (Å²) >= 11 is 0. The summed E-state index contributed by atoms with van der Waals surface area (Å²) in [6.07, 6.45) is 14.3. The highest BCUT2D eigenvalue weighted by Crippen LogP contribution is 2.34. The predicted molar refractivity (Wildman–Crippen MR) is 156 cm³/mol. The van der Waals surface area contributed by atoms with Gasteiger partial charge in [0.25, 0.3) is 0 Å². The van der Waals surface area contributed by atoms with Crippen LogP contribution in [0, 0.1) is 23.5 Å². The molecule has 0 heterocycles. The lowest BCUT2D eigenvalue weighted by Gasteiger charge is -2.28. The number of halogens is 2. The zero-order chi connectivity index (χ0) is 26.7. The zero-order valence-corrected chi connectivity index (χ0v) is 23.3. The van der Waals surface area contributed by atoms with E-state index in [-0.39, 0.29) is 0 Å². The Labute approximate surface area is 228 Å². The van der Waals surface area contributed by atoms with Crippen LogP contribution in [0.4, 0.5) is 8.78 Å². The highest BCUT2D eigenvalue weighted by molar-refractivity contribution is 5.71. The van der Waals surface area contributed by atoms with Gasteiger partial charge in [0.15, 0.2) is 11.6 Å². The number of hydrogen-bond donors (Lipinski definition) is 0. The first-order valence-electron chi connectivity index (χ1n) is 14.9. The van der Waals surface area contributed by atoms with Crippen LogP contribution in [0.3, 0.4) is 0 Å². The fourth-order valence-corrected chi connectivity index (χ4v) is 5.94. The van der Waals surface area contributed by atoms with E-state index in [1.165, 1.54) is 44.9 Å². The molecule has 3 heteroatoms. The Bertz CT molecular complexity index is 1110. The molecular formula is C35H44F2O. The van der Waals surface area contributed by atoms with E-state index < -0.39 is 11.6 Å². The maximum Gasteiger partial charge on any atom is 0.166 e. The molecule has 3 aromatic carbocycles. The highest BCUT2D eigenvalue weighted by Gasteiger charge is 2.20. The topological polar surface area (TPSA) is 9.23 Å². The molecule has 1 aliphatic rings. The van der Waals surface area contributed by atoms with E-state index in [9.17, 15) is 8.78 Å². The van der Waals surface area contributed by atoms with Crippen LogP contribution < -0.4 is 4.74 Å². The first-order chi connectivity index (χ1) is 18.6. The third-order valence-corrected chi connectivity index (χ3v) is 8.28. The molecule has 1 saturated carbocycles. The molecule has 204 valence electrons. The summed E-state index contributed by atoms with van der Waals surface area (Å²) in [5, 5.41) is 0. The van der Waals surface area contributed by atoms with E-state index in [0.717, 1.165) is 61.0 Å². The average molecular weight is 519 g/mol. The zero-order valence-electron chi connectivity index (χ0n) is 23.3. The van der Waals surface area contributed by atoms with Crippen molar-refractivity contribution in [3.05, 3.63) is 77.9 Å². The van der Waals surface area contributed by atoms with Crippen LogP contribution in [0.25, 0.3) is 22.3 Å². The van der Waals surface area contributed by atoms with Crippen LogP contribution in [0.2, 0.25) is 0 Å². The van der Waals surface area contributed by atoms with Gasteiger partial charge in [-0.25, -0.2) is 8.78 Å². The van der Waals surface area contributed by atoms with Gasteiger partial charge in [-0.15, -0.1) is 0 Å². The van der Waals surface area contributed by atoms with Gasteiger partial charge >= 0.3 is 0 Å². The fourth-order valence-electron chi connectivity index (χ4n) is 5.94. The van der Waals surface area contributed by atoms with Crippen molar-refractivity contribution in [3.8, 4) is 28.0 Å². The maximum atomic E-state index is 14.8. The van der Waals surface area contributed by atoms with Gasteiger partial charge in [0.05, 0.1) is 6.61 Å². The summed E-state index contributed by atoms with van der Waals surface area (Å²) in [4.78, 5) is 0.